The number of nitrogens with zero attached hydrogens (tertiary/aromatic N) is 1. The Kier molecular flexibility index (Phi) is 7.77. The van der Waals surface area contributed by atoms with Gasteiger partial charge in [-0.2, -0.15) is 0 Å². The summed E-state index contributed by atoms with van der Waals surface area (Å²) in [7, 11) is 3.54. The van der Waals surface area contributed by atoms with Gasteiger partial charge in [0.25, 0.3) is 0 Å². The fourth-order valence-electron chi connectivity index (χ4n) is 0.973. The van der Waals surface area contributed by atoms with Crippen molar-refractivity contribution in [2.24, 2.45) is 0 Å². The minimum Gasteiger partial charge on any atom is -1.00 e. The van der Waals surface area contributed by atoms with Crippen molar-refractivity contribution in [3.8, 4) is 0 Å². The summed E-state index contributed by atoms with van der Waals surface area (Å²) in [5, 5.41) is 9.03. The second-order valence-corrected chi connectivity index (χ2v) is 3.35. The van der Waals surface area contributed by atoms with E-state index in [-0.39, 0.29) is 27.4 Å². The predicted octanol–water partition coefficient (Wildman–Crippen LogP) is -1.60. The average molecular weight is 268 g/mol. The SMILES string of the molecule is CC=C(O)C(=O)O[N+](C)(C)CCC.[Br-]. The maximum absolute atomic E-state index is 11.1. The topological polar surface area (TPSA) is 46.5 Å². The van der Waals surface area contributed by atoms with Crippen molar-refractivity contribution in [2.75, 3.05) is 20.6 Å². The molecule has 0 aliphatic rings. The number of hydrogen-bond acceptors (Lipinski definition) is 3. The number of allylic oxidation sites excluding steroid dienone is 1. The molecule has 1 N–H and O–H groups in total. The summed E-state index contributed by atoms with van der Waals surface area (Å²) in [5.41, 5.74) is 0. The van der Waals surface area contributed by atoms with Crippen LogP contribution in [-0.4, -0.2) is 36.4 Å². The largest absolute Gasteiger partial charge is 1.00 e. The maximum atomic E-state index is 11.1. The van der Waals surface area contributed by atoms with Gasteiger partial charge < -0.3 is 22.1 Å². The van der Waals surface area contributed by atoms with Crippen LogP contribution in [0.25, 0.3) is 0 Å². The van der Waals surface area contributed by atoms with Crippen LogP contribution < -0.4 is 17.0 Å². The molecule has 0 fully saturated rings. The molecule has 0 amide bonds. The maximum Gasteiger partial charge on any atom is 0.430 e. The number of hydroxylamine groups is 3. The van der Waals surface area contributed by atoms with E-state index in [4.69, 9.17) is 9.94 Å². The lowest BCUT2D eigenvalue weighted by Gasteiger charge is -2.24. The first kappa shape index (κ1) is 15.9. The molecule has 14 heavy (non-hydrogen) atoms. The van der Waals surface area contributed by atoms with Crippen LogP contribution in [-0.2, 0) is 9.63 Å². The van der Waals surface area contributed by atoms with Gasteiger partial charge in [-0.25, -0.2) is 4.79 Å². The van der Waals surface area contributed by atoms with E-state index in [1.165, 1.54) is 6.08 Å². The molecule has 0 aliphatic carbocycles. The first-order chi connectivity index (χ1) is 5.93. The molecule has 5 heteroatoms. The smallest absolute Gasteiger partial charge is 0.430 e. The fourth-order valence-corrected chi connectivity index (χ4v) is 0.973. The van der Waals surface area contributed by atoms with E-state index in [1.54, 1.807) is 21.0 Å². The van der Waals surface area contributed by atoms with Crippen molar-refractivity contribution in [1.29, 1.82) is 0 Å². The Morgan fingerprint density at radius 3 is 2.36 bits per heavy atom. The molecule has 0 aromatic heterocycles. The summed E-state index contributed by atoms with van der Waals surface area (Å²) in [4.78, 5) is 16.1. The number of carbonyl (C=O) groups excluding carboxylic acids is 1. The lowest BCUT2D eigenvalue weighted by molar-refractivity contribution is -1.06. The minimum absolute atomic E-state index is 0. The van der Waals surface area contributed by atoms with E-state index in [1.807, 2.05) is 6.92 Å². The van der Waals surface area contributed by atoms with Gasteiger partial charge in [0.05, 0.1) is 0 Å². The molecule has 0 heterocycles. The second kappa shape index (κ2) is 6.84. The molecule has 0 bridgehead atoms. The standard InChI is InChI=1S/C9H17NO3.BrH/c1-5-7-10(3,4)13-9(12)8(11)6-2;/h6H,5,7H2,1-4H3;1H. The lowest BCUT2D eigenvalue weighted by Crippen LogP contribution is -3.00. The van der Waals surface area contributed by atoms with E-state index in [9.17, 15) is 4.79 Å². The molecular weight excluding hydrogens is 250 g/mol. The van der Waals surface area contributed by atoms with Gasteiger partial charge in [-0.3, -0.25) is 4.84 Å². The number of aliphatic hydroxyl groups excluding tert-OH is 1. The Morgan fingerprint density at radius 2 is 2.00 bits per heavy atom. The molecule has 0 spiro atoms. The molecule has 0 saturated carbocycles. The molecule has 4 nitrogen and oxygen atoms in total. The zero-order valence-electron chi connectivity index (χ0n) is 9.08. The Hall–Kier alpha value is -0.550. The summed E-state index contributed by atoms with van der Waals surface area (Å²) >= 11 is 0. The van der Waals surface area contributed by atoms with Crippen LogP contribution >= 0.6 is 0 Å². The number of halogens is 1. The van der Waals surface area contributed by atoms with Crippen molar-refractivity contribution in [3.05, 3.63) is 11.8 Å². The second-order valence-electron chi connectivity index (χ2n) is 3.35. The predicted molar refractivity (Wildman–Crippen MR) is 49.7 cm³/mol. The van der Waals surface area contributed by atoms with E-state index in [0.717, 1.165) is 13.0 Å². The van der Waals surface area contributed by atoms with E-state index < -0.39 is 5.97 Å². The zero-order chi connectivity index (χ0) is 10.5. The van der Waals surface area contributed by atoms with Crippen molar-refractivity contribution in [1.82, 2.24) is 0 Å². The summed E-state index contributed by atoms with van der Waals surface area (Å²) in [6.07, 6.45) is 2.23. The van der Waals surface area contributed by atoms with Gasteiger partial charge in [0.1, 0.15) is 20.6 Å². The van der Waals surface area contributed by atoms with Crippen LogP contribution in [0.15, 0.2) is 11.8 Å². The number of carbonyl (C=O) groups is 1. The van der Waals surface area contributed by atoms with Gasteiger partial charge >= 0.3 is 5.97 Å². The highest BCUT2D eigenvalue weighted by Gasteiger charge is 2.22. The third-order valence-corrected chi connectivity index (χ3v) is 1.57. The lowest BCUT2D eigenvalue weighted by atomic mass is 10.4. The number of quaternary nitrogens is 1. The number of aliphatic hydroxyl groups is 1. The molecule has 0 unspecified atom stereocenters. The molecule has 0 atom stereocenters. The molecule has 0 aromatic rings. The summed E-state index contributed by atoms with van der Waals surface area (Å²) < 4.78 is 0.132. The minimum atomic E-state index is -0.680. The van der Waals surface area contributed by atoms with Gasteiger partial charge in [0.15, 0.2) is 0 Å². The van der Waals surface area contributed by atoms with Crippen molar-refractivity contribution in [3.63, 3.8) is 0 Å². The Balaban J connectivity index is 0. The number of rotatable bonds is 4. The van der Waals surface area contributed by atoms with Crippen molar-refractivity contribution in [2.45, 2.75) is 20.3 Å². The van der Waals surface area contributed by atoms with Crippen LogP contribution in [0.5, 0.6) is 0 Å². The summed E-state index contributed by atoms with van der Waals surface area (Å²) in [6.45, 7) is 4.31. The highest BCUT2D eigenvalue weighted by Crippen LogP contribution is 2.04. The Bertz CT molecular complexity index is 214. The Morgan fingerprint density at radius 1 is 1.50 bits per heavy atom. The van der Waals surface area contributed by atoms with Gasteiger partial charge in [0, 0.05) is 0 Å². The third-order valence-electron chi connectivity index (χ3n) is 1.57. The van der Waals surface area contributed by atoms with Crippen LogP contribution in [0.4, 0.5) is 0 Å². The Labute approximate surface area is 95.5 Å². The van der Waals surface area contributed by atoms with Crippen LogP contribution in [0.1, 0.15) is 20.3 Å². The van der Waals surface area contributed by atoms with Gasteiger partial charge in [0.2, 0.25) is 5.76 Å². The summed E-state index contributed by atoms with van der Waals surface area (Å²) in [6, 6.07) is 0. The molecule has 0 aliphatic heterocycles. The number of hydrogen-bond donors (Lipinski definition) is 1. The zero-order valence-corrected chi connectivity index (χ0v) is 10.7. The van der Waals surface area contributed by atoms with Crippen LogP contribution in [0.2, 0.25) is 0 Å². The quantitative estimate of drug-likeness (QED) is 0.289. The van der Waals surface area contributed by atoms with E-state index in [0.29, 0.717) is 0 Å². The highest BCUT2D eigenvalue weighted by molar-refractivity contribution is 5.84. The molecule has 0 radical (unpaired) electrons. The van der Waals surface area contributed by atoms with Crippen molar-refractivity contribution < 1.29 is 36.4 Å². The fraction of sp³-hybridized carbons (Fsp3) is 0.667. The van der Waals surface area contributed by atoms with Crippen LogP contribution in [0.3, 0.4) is 0 Å². The van der Waals surface area contributed by atoms with Crippen LogP contribution in [0, 0.1) is 0 Å². The van der Waals surface area contributed by atoms with E-state index >= 15 is 0 Å². The molecule has 0 aromatic carbocycles. The molecule has 0 rings (SSSR count). The van der Waals surface area contributed by atoms with Gasteiger partial charge in [-0.15, -0.1) is 4.65 Å². The molecule has 84 valence electrons. The first-order valence-electron chi connectivity index (χ1n) is 4.35. The van der Waals surface area contributed by atoms with E-state index in [2.05, 4.69) is 0 Å². The molecule has 0 saturated heterocycles. The summed E-state index contributed by atoms with van der Waals surface area (Å²) in [5.74, 6) is -1.02. The average Bonchev–Trinajstić information content (AvgIpc) is 2.01. The van der Waals surface area contributed by atoms with Gasteiger partial charge in [-0.05, 0) is 19.4 Å². The third kappa shape index (κ3) is 5.99. The highest BCUT2D eigenvalue weighted by atomic mass is 79.9. The normalized spacial score (nSPS) is 11.9. The first-order valence-corrected chi connectivity index (χ1v) is 4.35. The van der Waals surface area contributed by atoms with Gasteiger partial charge in [-0.1, -0.05) is 6.92 Å². The van der Waals surface area contributed by atoms with Crippen molar-refractivity contribution >= 4 is 5.97 Å². The monoisotopic (exact) mass is 267 g/mol. The molecular formula is C9H18BrNO3.